The molecule has 0 radical (unpaired) electrons. The van der Waals surface area contributed by atoms with Crippen LogP contribution in [0.3, 0.4) is 0 Å². The van der Waals surface area contributed by atoms with Gasteiger partial charge < -0.3 is 14.7 Å². The number of fused-ring (bicyclic) bond motifs is 1. The maximum atomic E-state index is 13.3. The minimum atomic E-state index is -0.905. The van der Waals surface area contributed by atoms with Crippen molar-refractivity contribution >= 4 is 17.6 Å². The van der Waals surface area contributed by atoms with E-state index in [2.05, 4.69) is 0 Å². The van der Waals surface area contributed by atoms with Gasteiger partial charge in [-0.1, -0.05) is 48.5 Å². The minimum absolute atomic E-state index is 0.135. The SMILES string of the molecule is CCOCCN1C(=O)c2ccccc2CC(C(=O)O)/C=C\1c1ccccc1. The summed E-state index contributed by atoms with van der Waals surface area (Å²) >= 11 is 0. The number of carboxylic acids is 1. The highest BCUT2D eigenvalue weighted by Crippen LogP contribution is 2.29. The smallest absolute Gasteiger partial charge is 0.310 e. The average molecular weight is 365 g/mol. The number of carbonyl (C=O) groups is 2. The topological polar surface area (TPSA) is 66.8 Å². The van der Waals surface area contributed by atoms with E-state index in [1.807, 2.05) is 49.4 Å². The molecule has 0 aliphatic carbocycles. The van der Waals surface area contributed by atoms with Crippen molar-refractivity contribution in [3.8, 4) is 0 Å². The first-order valence-electron chi connectivity index (χ1n) is 9.09. The maximum absolute atomic E-state index is 13.3. The normalized spacial score (nSPS) is 18.9. The summed E-state index contributed by atoms with van der Waals surface area (Å²) in [5, 5.41) is 9.74. The fourth-order valence-corrected chi connectivity index (χ4v) is 3.28. The van der Waals surface area contributed by atoms with Gasteiger partial charge in [0.15, 0.2) is 0 Å². The van der Waals surface area contributed by atoms with Crippen molar-refractivity contribution in [1.29, 1.82) is 0 Å². The lowest BCUT2D eigenvalue weighted by atomic mass is 9.90. The van der Waals surface area contributed by atoms with E-state index in [-0.39, 0.29) is 12.3 Å². The van der Waals surface area contributed by atoms with Gasteiger partial charge >= 0.3 is 5.97 Å². The van der Waals surface area contributed by atoms with Crippen molar-refractivity contribution in [3.05, 3.63) is 77.4 Å². The molecule has 3 rings (SSSR count). The van der Waals surface area contributed by atoms with Crippen LogP contribution in [0.5, 0.6) is 0 Å². The molecule has 1 heterocycles. The minimum Gasteiger partial charge on any atom is -0.481 e. The summed E-state index contributed by atoms with van der Waals surface area (Å²) in [4.78, 5) is 26.8. The van der Waals surface area contributed by atoms with Crippen LogP contribution in [0, 0.1) is 5.92 Å². The third-order valence-corrected chi connectivity index (χ3v) is 4.63. The zero-order chi connectivity index (χ0) is 19.2. The third kappa shape index (κ3) is 4.26. The molecular formula is C22H23NO4. The number of carbonyl (C=O) groups excluding carboxylic acids is 1. The predicted octanol–water partition coefficient (Wildman–Crippen LogP) is 3.46. The van der Waals surface area contributed by atoms with Gasteiger partial charge in [-0.15, -0.1) is 0 Å². The Bertz CT molecular complexity index is 844. The van der Waals surface area contributed by atoms with Gasteiger partial charge in [0, 0.05) is 24.4 Å². The third-order valence-electron chi connectivity index (χ3n) is 4.63. The fourth-order valence-electron chi connectivity index (χ4n) is 3.28. The van der Waals surface area contributed by atoms with E-state index >= 15 is 0 Å². The molecule has 1 aliphatic heterocycles. The molecule has 1 aliphatic rings. The lowest BCUT2D eigenvalue weighted by molar-refractivity contribution is -0.140. The summed E-state index contributed by atoms with van der Waals surface area (Å²) in [6, 6.07) is 16.7. The Morgan fingerprint density at radius 1 is 1.15 bits per heavy atom. The monoisotopic (exact) mass is 365 g/mol. The lowest BCUT2D eigenvalue weighted by Gasteiger charge is -2.30. The molecule has 140 valence electrons. The molecule has 1 N–H and O–H groups in total. The maximum Gasteiger partial charge on any atom is 0.310 e. The first-order chi connectivity index (χ1) is 13.1. The Kier molecular flexibility index (Phi) is 6.04. The number of carboxylic acid groups (broad SMARTS) is 1. The van der Waals surface area contributed by atoms with Crippen LogP contribution in [0.1, 0.15) is 28.4 Å². The van der Waals surface area contributed by atoms with Crippen LogP contribution in [0.2, 0.25) is 0 Å². The highest BCUT2D eigenvalue weighted by atomic mass is 16.5. The first kappa shape index (κ1) is 18.9. The van der Waals surface area contributed by atoms with E-state index in [0.29, 0.717) is 31.0 Å². The molecule has 0 bridgehead atoms. The van der Waals surface area contributed by atoms with Crippen molar-refractivity contribution in [3.63, 3.8) is 0 Å². The van der Waals surface area contributed by atoms with Crippen molar-refractivity contribution < 1.29 is 19.4 Å². The van der Waals surface area contributed by atoms with Crippen molar-refractivity contribution in [2.24, 2.45) is 5.92 Å². The number of hydrogen-bond donors (Lipinski definition) is 1. The number of benzene rings is 2. The highest BCUT2D eigenvalue weighted by Gasteiger charge is 2.29. The summed E-state index contributed by atoms with van der Waals surface area (Å²) in [6.07, 6.45) is 1.98. The molecule has 0 saturated heterocycles. The second-order valence-corrected chi connectivity index (χ2v) is 6.38. The zero-order valence-electron chi connectivity index (χ0n) is 15.3. The van der Waals surface area contributed by atoms with E-state index in [1.165, 1.54) is 0 Å². The Morgan fingerprint density at radius 2 is 1.85 bits per heavy atom. The van der Waals surface area contributed by atoms with Crippen LogP contribution in [-0.4, -0.2) is 41.6 Å². The van der Waals surface area contributed by atoms with Crippen LogP contribution in [0.25, 0.3) is 5.70 Å². The van der Waals surface area contributed by atoms with Crippen LogP contribution >= 0.6 is 0 Å². The molecule has 0 aromatic heterocycles. The first-order valence-corrected chi connectivity index (χ1v) is 9.09. The van der Waals surface area contributed by atoms with E-state index < -0.39 is 11.9 Å². The number of aliphatic carboxylic acids is 1. The van der Waals surface area contributed by atoms with Gasteiger partial charge in [0.1, 0.15) is 0 Å². The zero-order valence-corrected chi connectivity index (χ0v) is 15.3. The molecule has 1 amide bonds. The summed E-state index contributed by atoms with van der Waals surface area (Å²) in [5.74, 6) is -1.76. The van der Waals surface area contributed by atoms with Crippen molar-refractivity contribution in [1.82, 2.24) is 4.90 Å². The van der Waals surface area contributed by atoms with Crippen LogP contribution < -0.4 is 0 Å². The van der Waals surface area contributed by atoms with Crippen molar-refractivity contribution in [2.45, 2.75) is 13.3 Å². The summed E-state index contributed by atoms with van der Waals surface area (Å²) in [6.45, 7) is 3.19. The lowest BCUT2D eigenvalue weighted by Crippen LogP contribution is -2.35. The molecule has 1 atom stereocenters. The Labute approximate surface area is 158 Å². The molecule has 5 heteroatoms. The Morgan fingerprint density at radius 3 is 2.56 bits per heavy atom. The molecule has 0 saturated carbocycles. The number of amides is 1. The molecular weight excluding hydrogens is 342 g/mol. The molecule has 2 aromatic carbocycles. The van der Waals surface area contributed by atoms with E-state index in [9.17, 15) is 14.7 Å². The van der Waals surface area contributed by atoms with Crippen LogP contribution in [-0.2, 0) is 16.0 Å². The van der Waals surface area contributed by atoms with Crippen LogP contribution in [0.4, 0.5) is 0 Å². The second-order valence-electron chi connectivity index (χ2n) is 6.38. The highest BCUT2D eigenvalue weighted by molar-refractivity contribution is 6.01. The van der Waals surface area contributed by atoms with Gasteiger partial charge in [-0.2, -0.15) is 0 Å². The van der Waals surface area contributed by atoms with Gasteiger partial charge in [-0.25, -0.2) is 0 Å². The van der Waals surface area contributed by atoms with Crippen molar-refractivity contribution in [2.75, 3.05) is 19.8 Å². The largest absolute Gasteiger partial charge is 0.481 e. The summed E-state index contributed by atoms with van der Waals surface area (Å²) in [7, 11) is 0. The standard InChI is InChI=1S/C22H23NO4/c1-2-27-13-12-23-20(16-8-4-3-5-9-16)15-18(22(25)26)14-17-10-6-7-11-19(17)21(23)24/h3-11,15,18H,2,12-14H2,1H3,(H,25,26)/b20-15-. The Balaban J connectivity index is 2.12. The van der Waals surface area contributed by atoms with Gasteiger partial charge in [0.25, 0.3) is 5.91 Å². The molecule has 2 aromatic rings. The number of rotatable bonds is 6. The fraction of sp³-hybridized carbons (Fsp3) is 0.273. The van der Waals surface area contributed by atoms with E-state index in [4.69, 9.17) is 4.74 Å². The summed E-state index contributed by atoms with van der Waals surface area (Å²) < 4.78 is 5.47. The molecule has 0 spiro atoms. The van der Waals surface area contributed by atoms with Gasteiger partial charge in [0.05, 0.1) is 12.5 Å². The second kappa shape index (κ2) is 8.64. The predicted molar refractivity (Wildman–Crippen MR) is 103 cm³/mol. The molecule has 1 unspecified atom stereocenters. The molecule has 27 heavy (non-hydrogen) atoms. The van der Waals surface area contributed by atoms with E-state index in [1.54, 1.807) is 23.1 Å². The molecule has 0 fully saturated rings. The number of nitrogens with zero attached hydrogens (tertiary/aromatic N) is 1. The number of ether oxygens (including phenoxy) is 1. The average Bonchev–Trinajstić information content (AvgIpc) is 2.68. The number of hydrogen-bond acceptors (Lipinski definition) is 3. The van der Waals surface area contributed by atoms with Gasteiger partial charge in [-0.05, 0) is 36.6 Å². The van der Waals surface area contributed by atoms with Gasteiger partial charge in [0.2, 0.25) is 0 Å². The van der Waals surface area contributed by atoms with Crippen LogP contribution in [0.15, 0.2) is 60.7 Å². The quantitative estimate of drug-likeness (QED) is 0.796. The Hall–Kier alpha value is -2.92. The van der Waals surface area contributed by atoms with Gasteiger partial charge in [-0.3, -0.25) is 9.59 Å². The molecule has 5 nitrogen and oxygen atoms in total. The van der Waals surface area contributed by atoms with E-state index in [0.717, 1.165) is 11.1 Å². The summed E-state index contributed by atoms with van der Waals surface area (Å²) in [5.41, 5.74) is 2.72.